The molecule has 0 unspecified atom stereocenters. The Morgan fingerprint density at radius 3 is 1.70 bits per heavy atom. The second-order valence-corrected chi connectivity index (χ2v) is 18.1. The van der Waals surface area contributed by atoms with Gasteiger partial charge in [0.05, 0.1) is 22.2 Å². The number of anilines is 3. The highest BCUT2D eigenvalue weighted by atomic mass is 32.2. The Bertz CT molecular complexity index is 3850. The second-order valence-electron chi connectivity index (χ2n) is 17.1. The highest BCUT2D eigenvalue weighted by Gasteiger charge is 2.50. The minimum absolute atomic E-state index is 0.428. The third-order valence-electron chi connectivity index (χ3n) is 13.9. The molecule has 3 heteroatoms. The molecule has 12 aromatic rings. The number of hydrogen-bond donors (Lipinski definition) is 0. The molecule has 0 bridgehead atoms. The highest BCUT2D eigenvalue weighted by molar-refractivity contribution is 7.99. The molecule has 0 fully saturated rings. The van der Waals surface area contributed by atoms with Gasteiger partial charge in [-0.15, -0.1) is 0 Å². The molecule has 0 radical (unpaired) electrons. The molecule has 1 aliphatic heterocycles. The van der Waals surface area contributed by atoms with Crippen LogP contribution in [0.25, 0.3) is 76.5 Å². The smallest absolute Gasteiger partial charge is 0.145 e. The average Bonchev–Trinajstić information content (AvgIpc) is 3.89. The molecule has 0 saturated heterocycles. The Balaban J connectivity index is 1.01. The molecule has 0 saturated carbocycles. The Morgan fingerprint density at radius 1 is 0.391 bits per heavy atom. The molecule has 14 rings (SSSR count). The Hall–Kier alpha value is -7.85. The van der Waals surface area contributed by atoms with Gasteiger partial charge in [-0.05, 0) is 102 Å². The summed E-state index contributed by atoms with van der Waals surface area (Å²) in [6.07, 6.45) is 0. The van der Waals surface area contributed by atoms with Gasteiger partial charge in [0.2, 0.25) is 0 Å². The van der Waals surface area contributed by atoms with Crippen LogP contribution >= 0.6 is 11.8 Å². The van der Waals surface area contributed by atoms with Crippen LogP contribution in [0, 0.1) is 0 Å². The summed E-state index contributed by atoms with van der Waals surface area (Å²) in [5.74, 6) is 0. The molecule has 0 amide bonds. The van der Waals surface area contributed by atoms with Crippen molar-refractivity contribution >= 4 is 83.1 Å². The highest BCUT2D eigenvalue weighted by Crippen LogP contribution is 2.63. The van der Waals surface area contributed by atoms with Gasteiger partial charge in [0.25, 0.3) is 0 Å². The molecule has 1 aliphatic carbocycles. The molecule has 2 aliphatic rings. The van der Waals surface area contributed by atoms with Crippen molar-refractivity contribution in [3.05, 3.63) is 247 Å². The Morgan fingerprint density at radius 2 is 0.938 bits per heavy atom. The van der Waals surface area contributed by atoms with Crippen molar-refractivity contribution in [1.82, 2.24) is 0 Å². The third kappa shape index (κ3) is 4.87. The van der Waals surface area contributed by atoms with Gasteiger partial charge in [0, 0.05) is 31.6 Å². The van der Waals surface area contributed by atoms with E-state index in [1.165, 1.54) is 75.8 Å². The molecular formula is C61H37NOS. The quantitative estimate of drug-likeness (QED) is 0.164. The second kappa shape index (κ2) is 13.6. The summed E-state index contributed by atoms with van der Waals surface area (Å²) < 4.78 is 6.80. The standard InChI is InChI=1S/C61H37NOS/c1-3-18-42-39(16-1)36-54(48-23-6-5-20-45(42)48)62(55-37-40-17-2-4-19-43(40)59-58(55)49-24-9-13-30-56(49)63-59)41-34-32-38(33-35-41)44-25-15-29-53-60(44)64-57-31-14-12-28-52(57)61(53)50-26-10-7-21-46(50)47-22-8-11-27-51(47)61/h1-37H. The van der Waals surface area contributed by atoms with E-state index >= 15 is 0 Å². The van der Waals surface area contributed by atoms with Crippen molar-refractivity contribution < 1.29 is 4.42 Å². The first-order chi connectivity index (χ1) is 31.8. The fourth-order valence-corrected chi connectivity index (χ4v) is 12.6. The Kier molecular flexibility index (Phi) is 7.57. The number of rotatable bonds is 4. The van der Waals surface area contributed by atoms with Gasteiger partial charge in [0.15, 0.2) is 0 Å². The van der Waals surface area contributed by atoms with Gasteiger partial charge in [-0.25, -0.2) is 0 Å². The van der Waals surface area contributed by atoms with Crippen molar-refractivity contribution in [2.45, 2.75) is 15.2 Å². The third-order valence-corrected chi connectivity index (χ3v) is 15.1. The van der Waals surface area contributed by atoms with E-state index in [1.807, 2.05) is 11.8 Å². The minimum Gasteiger partial charge on any atom is -0.455 e. The van der Waals surface area contributed by atoms with Crippen molar-refractivity contribution in [1.29, 1.82) is 0 Å². The predicted molar refractivity (Wildman–Crippen MR) is 268 cm³/mol. The van der Waals surface area contributed by atoms with Crippen molar-refractivity contribution in [3.63, 3.8) is 0 Å². The first kappa shape index (κ1) is 35.7. The number of hydrogen-bond acceptors (Lipinski definition) is 3. The molecular weight excluding hydrogens is 795 g/mol. The number of fused-ring (bicyclic) bond motifs is 17. The topological polar surface area (TPSA) is 16.4 Å². The molecule has 0 N–H and O–H groups in total. The van der Waals surface area contributed by atoms with E-state index in [1.54, 1.807) is 0 Å². The first-order valence-electron chi connectivity index (χ1n) is 22.0. The lowest BCUT2D eigenvalue weighted by Gasteiger charge is -2.40. The summed E-state index contributed by atoms with van der Waals surface area (Å²) in [5.41, 5.74) is 15.1. The van der Waals surface area contributed by atoms with E-state index in [9.17, 15) is 0 Å². The van der Waals surface area contributed by atoms with Crippen molar-refractivity contribution in [3.8, 4) is 22.3 Å². The van der Waals surface area contributed by atoms with Gasteiger partial charge in [0.1, 0.15) is 11.2 Å². The zero-order valence-corrected chi connectivity index (χ0v) is 35.4. The monoisotopic (exact) mass is 831 g/mol. The van der Waals surface area contributed by atoms with E-state index < -0.39 is 5.41 Å². The first-order valence-corrected chi connectivity index (χ1v) is 22.8. The Labute approximate surface area is 374 Å². The van der Waals surface area contributed by atoms with E-state index in [0.29, 0.717) is 0 Å². The largest absolute Gasteiger partial charge is 0.455 e. The fourth-order valence-electron chi connectivity index (χ4n) is 11.2. The van der Waals surface area contributed by atoms with Crippen LogP contribution in [0.15, 0.2) is 239 Å². The lowest BCUT2D eigenvalue weighted by atomic mass is 9.67. The molecule has 298 valence electrons. The van der Waals surface area contributed by atoms with Gasteiger partial charge in [-0.2, -0.15) is 0 Å². The molecule has 2 heterocycles. The van der Waals surface area contributed by atoms with Crippen LogP contribution < -0.4 is 4.90 Å². The van der Waals surface area contributed by atoms with E-state index in [-0.39, 0.29) is 0 Å². The lowest BCUT2D eigenvalue weighted by Crippen LogP contribution is -2.32. The van der Waals surface area contributed by atoms with Crippen LogP contribution in [0.4, 0.5) is 17.1 Å². The number of para-hydroxylation sites is 1. The zero-order chi connectivity index (χ0) is 41.9. The van der Waals surface area contributed by atoms with Gasteiger partial charge in [-0.1, -0.05) is 200 Å². The van der Waals surface area contributed by atoms with E-state index in [4.69, 9.17) is 4.42 Å². The summed E-state index contributed by atoms with van der Waals surface area (Å²) in [6.45, 7) is 0. The molecule has 0 atom stereocenters. The van der Waals surface area contributed by atoms with Crippen molar-refractivity contribution in [2.24, 2.45) is 0 Å². The average molecular weight is 832 g/mol. The van der Waals surface area contributed by atoms with Crippen LogP contribution in [-0.2, 0) is 5.41 Å². The molecule has 11 aromatic carbocycles. The van der Waals surface area contributed by atoms with E-state index in [0.717, 1.165) is 49.8 Å². The van der Waals surface area contributed by atoms with Crippen molar-refractivity contribution in [2.75, 3.05) is 4.90 Å². The summed E-state index contributed by atoms with van der Waals surface area (Å²) >= 11 is 1.90. The normalized spacial score (nSPS) is 13.4. The maximum absolute atomic E-state index is 6.80. The maximum Gasteiger partial charge on any atom is 0.145 e. The summed E-state index contributed by atoms with van der Waals surface area (Å²) in [5, 5.41) is 9.30. The summed E-state index contributed by atoms with van der Waals surface area (Å²) in [4.78, 5) is 5.08. The molecule has 64 heavy (non-hydrogen) atoms. The van der Waals surface area contributed by atoms with Crippen LogP contribution in [0.2, 0.25) is 0 Å². The number of nitrogens with zero attached hydrogens (tertiary/aromatic N) is 1. The van der Waals surface area contributed by atoms with Crippen LogP contribution in [0.5, 0.6) is 0 Å². The van der Waals surface area contributed by atoms with Crippen LogP contribution in [0.1, 0.15) is 22.3 Å². The predicted octanol–water partition coefficient (Wildman–Crippen LogP) is 17.0. The van der Waals surface area contributed by atoms with Gasteiger partial charge in [-0.3, -0.25) is 0 Å². The molecule has 1 aromatic heterocycles. The van der Waals surface area contributed by atoms with Crippen LogP contribution in [0.3, 0.4) is 0 Å². The lowest BCUT2D eigenvalue weighted by molar-refractivity contribution is 0.672. The van der Waals surface area contributed by atoms with Gasteiger partial charge < -0.3 is 9.32 Å². The fraction of sp³-hybridized carbons (Fsp3) is 0.0164. The SMILES string of the molecule is c1ccc2c(c1)Sc1c(-c3ccc(N(c4cc5ccccc5c5ccccc45)c4cc5ccccc5c5oc6ccccc6c45)cc3)cccc1C21c2ccccc2-c2ccccc21. The van der Waals surface area contributed by atoms with Gasteiger partial charge >= 0.3 is 0 Å². The summed E-state index contributed by atoms with van der Waals surface area (Å²) in [7, 11) is 0. The van der Waals surface area contributed by atoms with Crippen LogP contribution in [-0.4, -0.2) is 0 Å². The minimum atomic E-state index is -0.428. The molecule has 2 nitrogen and oxygen atoms in total. The number of benzene rings is 11. The zero-order valence-electron chi connectivity index (χ0n) is 34.6. The maximum atomic E-state index is 6.80. The summed E-state index contributed by atoms with van der Waals surface area (Å²) in [6, 6.07) is 82.8. The van der Waals surface area contributed by atoms with E-state index in [2.05, 4.69) is 229 Å². The molecule has 1 spiro atoms. The number of furan rings is 1.